The van der Waals surface area contributed by atoms with E-state index in [0.29, 0.717) is 0 Å². The molecule has 2 bridgehead atoms. The largest absolute Gasteiger partial charge is 0.465 e. The molecule has 0 heterocycles. The highest BCUT2D eigenvalue weighted by molar-refractivity contribution is 5.97. The van der Waals surface area contributed by atoms with Crippen LogP contribution in [0.1, 0.15) is 40.7 Å². The average molecular weight is 342 g/mol. The van der Waals surface area contributed by atoms with Gasteiger partial charge >= 0.3 is 5.97 Å². The molecular formula is C24H22O2. The SMILES string of the molecule is COC(=O)c1cccc2c1C1(CC3C4C=CC(C4)C3C1)c1ccccc1-2. The van der Waals surface area contributed by atoms with Crippen LogP contribution in [0.4, 0.5) is 0 Å². The van der Waals surface area contributed by atoms with Gasteiger partial charge in [0.15, 0.2) is 0 Å². The molecule has 4 atom stereocenters. The van der Waals surface area contributed by atoms with Gasteiger partial charge < -0.3 is 4.74 Å². The van der Waals surface area contributed by atoms with Crippen LogP contribution in [0.5, 0.6) is 0 Å². The molecule has 0 N–H and O–H groups in total. The number of hydrogen-bond acceptors (Lipinski definition) is 2. The third kappa shape index (κ3) is 1.61. The molecule has 2 aromatic carbocycles. The smallest absolute Gasteiger partial charge is 0.338 e. The standard InChI is InChI=1S/C24H22O2/c1-26-23(25)18-7-4-6-17-16-5-2-3-8-21(16)24(22(17)18)12-19-14-9-10-15(11-14)20(19)13-24/h2-10,14-15,19-20H,11-13H2,1H3. The number of fused-ring (bicyclic) bond motifs is 10. The van der Waals surface area contributed by atoms with Gasteiger partial charge in [-0.05, 0) is 71.3 Å². The number of ether oxygens (including phenoxy) is 1. The fourth-order valence-corrected chi connectivity index (χ4v) is 6.79. The zero-order chi connectivity index (χ0) is 17.5. The highest BCUT2D eigenvalue weighted by Gasteiger charge is 2.59. The summed E-state index contributed by atoms with van der Waals surface area (Å²) in [7, 11) is 1.49. The summed E-state index contributed by atoms with van der Waals surface area (Å²) in [5.41, 5.74) is 5.97. The summed E-state index contributed by atoms with van der Waals surface area (Å²) in [6, 6.07) is 15.0. The van der Waals surface area contributed by atoms with Crippen LogP contribution in [0.2, 0.25) is 0 Å². The maximum atomic E-state index is 12.6. The van der Waals surface area contributed by atoms with Gasteiger partial charge in [-0.15, -0.1) is 0 Å². The van der Waals surface area contributed by atoms with E-state index in [-0.39, 0.29) is 11.4 Å². The van der Waals surface area contributed by atoms with Crippen LogP contribution in [0.25, 0.3) is 11.1 Å². The molecule has 2 nitrogen and oxygen atoms in total. The predicted molar refractivity (Wildman–Crippen MR) is 101 cm³/mol. The average Bonchev–Trinajstić information content (AvgIpc) is 3.43. The van der Waals surface area contributed by atoms with E-state index in [1.54, 1.807) is 0 Å². The number of rotatable bonds is 1. The lowest BCUT2D eigenvalue weighted by Crippen LogP contribution is -2.26. The van der Waals surface area contributed by atoms with Crippen molar-refractivity contribution in [3.63, 3.8) is 0 Å². The fourth-order valence-electron chi connectivity index (χ4n) is 6.79. The molecule has 6 rings (SSSR count). The van der Waals surface area contributed by atoms with Crippen molar-refractivity contribution in [2.45, 2.75) is 24.7 Å². The predicted octanol–water partition coefficient (Wildman–Crippen LogP) is 4.97. The van der Waals surface area contributed by atoms with Crippen LogP contribution < -0.4 is 0 Å². The Morgan fingerprint density at radius 1 is 0.962 bits per heavy atom. The fraction of sp³-hybridized carbons (Fsp3) is 0.375. The monoisotopic (exact) mass is 342 g/mol. The second-order valence-electron chi connectivity index (χ2n) is 8.53. The van der Waals surface area contributed by atoms with Gasteiger partial charge in [-0.2, -0.15) is 0 Å². The van der Waals surface area contributed by atoms with Gasteiger partial charge in [-0.1, -0.05) is 48.6 Å². The van der Waals surface area contributed by atoms with E-state index in [0.717, 1.165) is 29.2 Å². The number of carbonyl (C=O) groups is 1. The van der Waals surface area contributed by atoms with E-state index >= 15 is 0 Å². The van der Waals surface area contributed by atoms with Crippen molar-refractivity contribution in [1.82, 2.24) is 0 Å². The lowest BCUT2D eigenvalue weighted by molar-refractivity contribution is 0.0598. The van der Waals surface area contributed by atoms with Crippen molar-refractivity contribution in [1.29, 1.82) is 0 Å². The summed E-state index contributed by atoms with van der Waals surface area (Å²) < 4.78 is 5.16. The Bertz CT molecular complexity index is 950. The first-order valence-corrected chi connectivity index (χ1v) is 9.73. The lowest BCUT2D eigenvalue weighted by Gasteiger charge is -2.30. The summed E-state index contributed by atoms with van der Waals surface area (Å²) in [6.45, 7) is 0. The quantitative estimate of drug-likeness (QED) is 0.540. The zero-order valence-corrected chi connectivity index (χ0v) is 14.9. The molecule has 2 aromatic rings. The molecule has 2 heteroatoms. The minimum Gasteiger partial charge on any atom is -0.465 e. The molecule has 1 spiro atoms. The second-order valence-corrected chi connectivity index (χ2v) is 8.53. The number of carbonyl (C=O) groups excluding carboxylic acids is 1. The Hall–Kier alpha value is -2.35. The molecule has 2 fully saturated rings. The van der Waals surface area contributed by atoms with E-state index in [1.807, 2.05) is 12.1 Å². The van der Waals surface area contributed by atoms with Gasteiger partial charge in [0.25, 0.3) is 0 Å². The highest BCUT2D eigenvalue weighted by Crippen LogP contribution is 2.67. The minimum absolute atomic E-state index is 0.0189. The number of methoxy groups -OCH3 is 1. The van der Waals surface area contributed by atoms with Crippen LogP contribution in [-0.4, -0.2) is 13.1 Å². The lowest BCUT2D eigenvalue weighted by atomic mass is 9.72. The van der Waals surface area contributed by atoms with Gasteiger partial charge in [0.2, 0.25) is 0 Å². The maximum absolute atomic E-state index is 12.6. The Balaban J connectivity index is 1.60. The van der Waals surface area contributed by atoms with Crippen molar-refractivity contribution in [3.05, 3.63) is 71.3 Å². The molecule has 26 heavy (non-hydrogen) atoms. The summed E-state index contributed by atoms with van der Waals surface area (Å²) in [5.74, 6) is 2.80. The van der Waals surface area contributed by atoms with Crippen LogP contribution in [0.15, 0.2) is 54.6 Å². The van der Waals surface area contributed by atoms with Gasteiger partial charge in [0.1, 0.15) is 0 Å². The van der Waals surface area contributed by atoms with E-state index in [9.17, 15) is 4.79 Å². The number of benzene rings is 2. The topological polar surface area (TPSA) is 26.3 Å². The zero-order valence-electron chi connectivity index (χ0n) is 14.9. The molecule has 0 saturated heterocycles. The van der Waals surface area contributed by atoms with Gasteiger partial charge in [0.05, 0.1) is 12.7 Å². The maximum Gasteiger partial charge on any atom is 0.338 e. The van der Waals surface area contributed by atoms with Crippen molar-refractivity contribution < 1.29 is 9.53 Å². The summed E-state index contributed by atoms with van der Waals surface area (Å²) in [6.07, 6.45) is 8.60. The Morgan fingerprint density at radius 3 is 2.38 bits per heavy atom. The first-order valence-electron chi connectivity index (χ1n) is 9.73. The first-order chi connectivity index (χ1) is 12.7. The molecule has 4 aliphatic carbocycles. The molecule has 4 aliphatic rings. The summed E-state index contributed by atoms with van der Waals surface area (Å²) >= 11 is 0. The second kappa shape index (κ2) is 4.88. The summed E-state index contributed by atoms with van der Waals surface area (Å²) in [4.78, 5) is 12.6. The molecule has 0 radical (unpaired) electrons. The van der Waals surface area contributed by atoms with Crippen molar-refractivity contribution in [2.75, 3.05) is 7.11 Å². The van der Waals surface area contributed by atoms with Crippen molar-refractivity contribution in [3.8, 4) is 11.1 Å². The Morgan fingerprint density at radius 2 is 1.65 bits per heavy atom. The van der Waals surface area contributed by atoms with Crippen LogP contribution >= 0.6 is 0 Å². The van der Waals surface area contributed by atoms with Crippen LogP contribution in [0.3, 0.4) is 0 Å². The van der Waals surface area contributed by atoms with Crippen molar-refractivity contribution in [2.24, 2.45) is 23.7 Å². The molecular weight excluding hydrogens is 320 g/mol. The normalized spacial score (nSPS) is 34.8. The van der Waals surface area contributed by atoms with Gasteiger partial charge in [-0.25, -0.2) is 4.79 Å². The summed E-state index contributed by atoms with van der Waals surface area (Å²) in [5, 5.41) is 0. The Kier molecular flexibility index (Phi) is 2.77. The molecule has 0 amide bonds. The number of esters is 1. The van der Waals surface area contributed by atoms with E-state index in [4.69, 9.17) is 4.74 Å². The minimum atomic E-state index is -0.202. The number of hydrogen-bond donors (Lipinski definition) is 0. The molecule has 4 unspecified atom stereocenters. The van der Waals surface area contributed by atoms with E-state index in [1.165, 1.54) is 48.6 Å². The van der Waals surface area contributed by atoms with Gasteiger partial charge in [-0.3, -0.25) is 0 Å². The molecule has 0 aromatic heterocycles. The third-order valence-corrected chi connectivity index (χ3v) is 7.65. The van der Waals surface area contributed by atoms with Gasteiger partial charge in [0, 0.05) is 5.41 Å². The molecule has 0 aliphatic heterocycles. The molecule has 130 valence electrons. The van der Waals surface area contributed by atoms with Crippen molar-refractivity contribution >= 4 is 5.97 Å². The van der Waals surface area contributed by atoms with Crippen LogP contribution in [0, 0.1) is 23.7 Å². The van der Waals surface area contributed by atoms with E-state index < -0.39 is 0 Å². The Labute approximate surface area is 153 Å². The highest BCUT2D eigenvalue weighted by atomic mass is 16.5. The van der Waals surface area contributed by atoms with Crippen LogP contribution in [-0.2, 0) is 10.2 Å². The number of allylic oxidation sites excluding steroid dienone is 2. The molecule has 2 saturated carbocycles. The van der Waals surface area contributed by atoms with E-state index in [2.05, 4.69) is 42.5 Å². The third-order valence-electron chi connectivity index (χ3n) is 7.65. The first kappa shape index (κ1) is 14.8.